The first-order chi connectivity index (χ1) is 12.4. The van der Waals surface area contributed by atoms with E-state index in [0.29, 0.717) is 12.1 Å². The molecule has 2 aromatic rings. The van der Waals surface area contributed by atoms with Gasteiger partial charge in [0.1, 0.15) is 11.7 Å². The van der Waals surface area contributed by atoms with Crippen LogP contribution in [0, 0.1) is 0 Å². The number of benzene rings is 1. The third kappa shape index (κ3) is 3.55. The van der Waals surface area contributed by atoms with Gasteiger partial charge in [0.05, 0.1) is 5.69 Å². The molecule has 8 heteroatoms. The molecule has 2 atom stereocenters. The number of rotatable bonds is 4. The number of aromatic amines is 1. The summed E-state index contributed by atoms with van der Waals surface area (Å²) < 4.78 is 1.30. The van der Waals surface area contributed by atoms with Crippen LogP contribution in [0.15, 0.2) is 41.2 Å². The molecule has 0 aliphatic carbocycles. The molecule has 1 aromatic heterocycles. The molecule has 1 fully saturated rings. The second kappa shape index (κ2) is 7.17. The zero-order chi connectivity index (χ0) is 18.8. The molecule has 0 saturated carbocycles. The second-order valence-corrected chi connectivity index (χ2v) is 6.81. The molecule has 0 bridgehead atoms. The molecule has 3 rings (SSSR count). The fraction of sp³-hybridized carbons (Fsp3) is 0.389. The van der Waals surface area contributed by atoms with Crippen molar-refractivity contribution in [3.8, 4) is 5.69 Å². The molecule has 2 amide bonds. The van der Waals surface area contributed by atoms with E-state index in [1.165, 1.54) is 15.6 Å². The van der Waals surface area contributed by atoms with Crippen LogP contribution in [-0.4, -0.2) is 51.2 Å². The molecule has 0 radical (unpaired) electrons. The van der Waals surface area contributed by atoms with Crippen LogP contribution in [0.4, 0.5) is 0 Å². The lowest BCUT2D eigenvalue weighted by Crippen LogP contribution is -2.47. The summed E-state index contributed by atoms with van der Waals surface area (Å²) in [5, 5.41) is 5.65. The van der Waals surface area contributed by atoms with Gasteiger partial charge in [-0.25, -0.2) is 4.68 Å². The summed E-state index contributed by atoms with van der Waals surface area (Å²) in [5.74, 6) is -0.639. The minimum atomic E-state index is -0.636. The molecular formula is C18H23N5O3. The van der Waals surface area contributed by atoms with E-state index in [2.05, 4.69) is 10.4 Å². The average Bonchev–Trinajstić information content (AvgIpc) is 3.17. The fourth-order valence-electron chi connectivity index (χ4n) is 3.15. The maximum atomic E-state index is 12.9. The van der Waals surface area contributed by atoms with Gasteiger partial charge in [-0.2, -0.15) is 0 Å². The van der Waals surface area contributed by atoms with Crippen molar-refractivity contribution < 1.29 is 9.59 Å². The molecule has 138 valence electrons. The minimum Gasteiger partial charge on any atom is -0.352 e. The highest BCUT2D eigenvalue weighted by atomic mass is 16.2. The van der Waals surface area contributed by atoms with Gasteiger partial charge in [-0.05, 0) is 32.4 Å². The van der Waals surface area contributed by atoms with Gasteiger partial charge < -0.3 is 16.0 Å². The molecule has 1 aliphatic rings. The molecule has 2 heterocycles. The summed E-state index contributed by atoms with van der Waals surface area (Å²) in [5.41, 5.74) is 6.40. The highest BCUT2D eigenvalue weighted by Crippen LogP contribution is 2.19. The minimum absolute atomic E-state index is 0.0322. The zero-order valence-corrected chi connectivity index (χ0v) is 14.8. The number of hydrogen-bond acceptors (Lipinski definition) is 4. The van der Waals surface area contributed by atoms with E-state index >= 15 is 0 Å². The first kappa shape index (κ1) is 17.9. The van der Waals surface area contributed by atoms with E-state index < -0.39 is 11.9 Å². The van der Waals surface area contributed by atoms with Gasteiger partial charge in [0.2, 0.25) is 5.91 Å². The fourth-order valence-corrected chi connectivity index (χ4v) is 3.15. The normalized spacial score (nSPS) is 19.8. The Kier molecular flexibility index (Phi) is 4.94. The Morgan fingerprint density at radius 3 is 2.62 bits per heavy atom. The summed E-state index contributed by atoms with van der Waals surface area (Å²) in [4.78, 5) is 39.0. The predicted molar refractivity (Wildman–Crippen MR) is 97.1 cm³/mol. The molecule has 26 heavy (non-hydrogen) atoms. The number of carbonyl (C=O) groups excluding carboxylic acids is 2. The third-order valence-electron chi connectivity index (χ3n) is 4.29. The number of amides is 2. The lowest BCUT2D eigenvalue weighted by atomic mass is 10.1. The van der Waals surface area contributed by atoms with Crippen LogP contribution in [-0.2, 0) is 4.79 Å². The number of H-pyrrole nitrogens is 1. The quantitative estimate of drug-likeness (QED) is 0.727. The summed E-state index contributed by atoms with van der Waals surface area (Å²) in [6.45, 7) is 3.99. The van der Waals surface area contributed by atoms with Gasteiger partial charge in [0.25, 0.3) is 11.5 Å². The molecule has 0 unspecified atom stereocenters. The second-order valence-electron chi connectivity index (χ2n) is 6.81. The molecular weight excluding hydrogens is 334 g/mol. The van der Waals surface area contributed by atoms with Crippen LogP contribution in [0.3, 0.4) is 0 Å². The van der Waals surface area contributed by atoms with E-state index in [4.69, 9.17) is 5.73 Å². The van der Waals surface area contributed by atoms with Crippen LogP contribution in [0.2, 0.25) is 0 Å². The first-order valence-corrected chi connectivity index (χ1v) is 8.61. The van der Waals surface area contributed by atoms with Gasteiger partial charge in [-0.1, -0.05) is 18.2 Å². The molecule has 1 aromatic carbocycles. The van der Waals surface area contributed by atoms with Gasteiger partial charge >= 0.3 is 0 Å². The van der Waals surface area contributed by atoms with E-state index in [1.54, 1.807) is 24.3 Å². The largest absolute Gasteiger partial charge is 0.352 e. The Labute approximate surface area is 151 Å². The number of nitrogens with one attached hydrogen (secondary N) is 2. The summed E-state index contributed by atoms with van der Waals surface area (Å²) in [6.07, 6.45) is 0.397. The van der Waals surface area contributed by atoms with Crippen molar-refractivity contribution in [2.75, 3.05) is 6.54 Å². The molecule has 1 aliphatic heterocycles. The van der Waals surface area contributed by atoms with E-state index in [1.807, 2.05) is 19.9 Å². The predicted octanol–water partition coefficient (Wildman–Crippen LogP) is 0.232. The van der Waals surface area contributed by atoms with E-state index in [9.17, 15) is 14.4 Å². The number of carbonyl (C=O) groups is 2. The van der Waals surface area contributed by atoms with Crippen LogP contribution in [0.1, 0.15) is 30.8 Å². The Bertz CT molecular complexity index is 855. The van der Waals surface area contributed by atoms with E-state index in [-0.39, 0.29) is 35.8 Å². The topological polar surface area (TPSA) is 113 Å². The number of nitrogens with two attached hydrogens (primary N) is 1. The zero-order valence-electron chi connectivity index (χ0n) is 14.8. The van der Waals surface area contributed by atoms with Crippen LogP contribution in [0.25, 0.3) is 5.69 Å². The monoisotopic (exact) mass is 357 g/mol. The van der Waals surface area contributed by atoms with Crippen molar-refractivity contribution in [1.29, 1.82) is 0 Å². The van der Waals surface area contributed by atoms with Gasteiger partial charge in [-0.3, -0.25) is 19.5 Å². The number of likely N-dealkylation sites (tertiary alicyclic amines) is 1. The number of nitrogens with zero attached hydrogens (tertiary/aromatic N) is 2. The lowest BCUT2D eigenvalue weighted by molar-refractivity contribution is -0.125. The van der Waals surface area contributed by atoms with Crippen molar-refractivity contribution in [3.63, 3.8) is 0 Å². The van der Waals surface area contributed by atoms with Gasteiger partial charge in [-0.15, -0.1) is 0 Å². The van der Waals surface area contributed by atoms with Crippen molar-refractivity contribution in [3.05, 3.63) is 52.4 Å². The van der Waals surface area contributed by atoms with Crippen LogP contribution in [0.5, 0.6) is 0 Å². The number of aromatic nitrogens is 2. The first-order valence-electron chi connectivity index (χ1n) is 8.61. The number of hydrogen-bond donors (Lipinski definition) is 3. The van der Waals surface area contributed by atoms with Crippen molar-refractivity contribution in [2.45, 2.75) is 38.4 Å². The van der Waals surface area contributed by atoms with Gasteiger partial charge in [0, 0.05) is 24.7 Å². The smallest absolute Gasteiger partial charge is 0.272 e. The molecule has 8 nitrogen and oxygen atoms in total. The Balaban J connectivity index is 1.86. The summed E-state index contributed by atoms with van der Waals surface area (Å²) in [6, 6.07) is 9.27. The Hall–Kier alpha value is -2.87. The van der Waals surface area contributed by atoms with Gasteiger partial charge in [0.15, 0.2) is 0 Å². The lowest BCUT2D eigenvalue weighted by Gasteiger charge is -2.24. The van der Waals surface area contributed by atoms with Crippen LogP contribution >= 0.6 is 0 Å². The highest BCUT2D eigenvalue weighted by Gasteiger charge is 2.39. The van der Waals surface area contributed by atoms with Crippen molar-refractivity contribution >= 4 is 11.8 Å². The SMILES string of the molecule is CC(C)NC(=O)[C@@H]1C[C@H](N)CN1C(=O)c1cc(=O)n(-c2ccccc2)[nH]1. The van der Waals surface area contributed by atoms with E-state index in [0.717, 1.165) is 0 Å². The maximum Gasteiger partial charge on any atom is 0.272 e. The van der Waals surface area contributed by atoms with Crippen molar-refractivity contribution in [2.24, 2.45) is 5.73 Å². The third-order valence-corrected chi connectivity index (χ3v) is 4.29. The Morgan fingerprint density at radius 1 is 1.27 bits per heavy atom. The average molecular weight is 357 g/mol. The van der Waals surface area contributed by atoms with Crippen molar-refractivity contribution in [1.82, 2.24) is 20.0 Å². The summed E-state index contributed by atoms with van der Waals surface area (Å²) >= 11 is 0. The molecule has 0 spiro atoms. The van der Waals surface area contributed by atoms with Crippen LogP contribution < -0.4 is 16.6 Å². The Morgan fingerprint density at radius 2 is 1.96 bits per heavy atom. The number of para-hydroxylation sites is 1. The standard InChI is InChI=1S/C18H23N5O3/c1-11(2)20-17(25)15-8-12(19)10-22(15)18(26)14-9-16(24)23(21-14)13-6-4-3-5-7-13/h3-7,9,11-12,15,21H,8,10,19H2,1-2H3,(H,20,25)/t12-,15-/m0/s1. The molecule has 1 saturated heterocycles. The highest BCUT2D eigenvalue weighted by molar-refractivity contribution is 5.96. The maximum absolute atomic E-state index is 12.9. The summed E-state index contributed by atoms with van der Waals surface area (Å²) in [7, 11) is 0. The molecule has 4 N–H and O–H groups in total.